The molecule has 0 radical (unpaired) electrons. The molecule has 0 saturated carbocycles. The normalized spacial score (nSPS) is 14.8. The van der Waals surface area contributed by atoms with E-state index in [0.717, 1.165) is 7.05 Å². The summed E-state index contributed by atoms with van der Waals surface area (Å²) in [6.07, 6.45) is -12.4. The lowest BCUT2D eigenvalue weighted by atomic mass is 10.1. The molecule has 1 amide bonds. The van der Waals surface area contributed by atoms with Crippen molar-refractivity contribution < 1.29 is 36.2 Å². The number of halogens is 6. The monoisotopic (exact) mass is 281 g/mol. The van der Waals surface area contributed by atoms with E-state index in [1.807, 2.05) is 0 Å². The first-order valence-electron chi connectivity index (χ1n) is 4.93. The van der Waals surface area contributed by atoms with E-state index < -0.39 is 30.3 Å². The van der Waals surface area contributed by atoms with Gasteiger partial charge in [-0.25, -0.2) is 0 Å². The van der Waals surface area contributed by atoms with Crippen LogP contribution < -0.4 is 0 Å². The fourth-order valence-electron chi connectivity index (χ4n) is 1.18. The number of amides is 1. The molecule has 1 atom stereocenters. The van der Waals surface area contributed by atoms with Crippen LogP contribution in [-0.2, 0) is 4.79 Å². The highest BCUT2D eigenvalue weighted by atomic mass is 19.4. The maximum absolute atomic E-state index is 12.2. The first-order chi connectivity index (χ1) is 7.87. The molecule has 0 aliphatic rings. The maximum Gasteiger partial charge on any atom is 0.409 e. The Morgan fingerprint density at radius 3 is 1.83 bits per heavy atom. The third kappa shape index (κ3) is 5.11. The number of rotatable bonds is 4. The largest absolute Gasteiger partial charge is 0.409 e. The van der Waals surface area contributed by atoms with Crippen molar-refractivity contribution in [1.82, 2.24) is 4.90 Å². The van der Waals surface area contributed by atoms with Crippen LogP contribution in [0, 0.1) is 5.92 Å². The molecule has 1 N–H and O–H groups in total. The number of carbonyl (C=O) groups is 1. The molecular weight excluding hydrogens is 268 g/mol. The quantitative estimate of drug-likeness (QED) is 0.800. The van der Waals surface area contributed by atoms with Gasteiger partial charge in [0.05, 0.1) is 6.10 Å². The van der Waals surface area contributed by atoms with Crippen molar-refractivity contribution in [3.63, 3.8) is 0 Å². The van der Waals surface area contributed by atoms with Crippen molar-refractivity contribution in [2.24, 2.45) is 5.92 Å². The number of alkyl halides is 6. The lowest BCUT2D eigenvalue weighted by Crippen LogP contribution is -2.48. The Kier molecular flexibility index (Phi) is 5.45. The number of nitrogens with zero attached hydrogens (tertiary/aromatic N) is 1. The van der Waals surface area contributed by atoms with E-state index in [2.05, 4.69) is 0 Å². The van der Waals surface area contributed by atoms with Crippen LogP contribution in [0.15, 0.2) is 0 Å². The lowest BCUT2D eigenvalue weighted by Gasteiger charge is -2.27. The molecule has 1 unspecified atom stereocenters. The van der Waals surface area contributed by atoms with Crippen molar-refractivity contribution in [3.05, 3.63) is 0 Å². The smallest absolute Gasteiger partial charge is 0.393 e. The zero-order valence-electron chi connectivity index (χ0n) is 9.64. The summed E-state index contributed by atoms with van der Waals surface area (Å²) in [6, 6.07) is 0. The van der Waals surface area contributed by atoms with Crippen LogP contribution in [0.1, 0.15) is 13.3 Å². The second kappa shape index (κ2) is 5.77. The second-order valence-corrected chi connectivity index (χ2v) is 3.91. The van der Waals surface area contributed by atoms with Crippen LogP contribution in [-0.4, -0.2) is 48.0 Å². The Hall–Kier alpha value is -0.990. The number of hydrogen-bond donors (Lipinski definition) is 1. The Balaban J connectivity index is 4.88. The zero-order valence-corrected chi connectivity index (χ0v) is 9.64. The highest BCUT2D eigenvalue weighted by molar-refractivity contribution is 5.80. The minimum atomic E-state index is -5.69. The first-order valence-corrected chi connectivity index (χ1v) is 4.93. The SMILES string of the molecule is CC(O)CCN(C)C(=O)C(C(F)(F)F)C(F)(F)F. The molecule has 0 aromatic carbocycles. The number of hydrogen-bond acceptors (Lipinski definition) is 2. The third-order valence-electron chi connectivity index (χ3n) is 2.16. The Labute approximate surface area is 99.4 Å². The molecule has 9 heteroatoms. The van der Waals surface area contributed by atoms with E-state index in [0.29, 0.717) is 4.90 Å². The van der Waals surface area contributed by atoms with Crippen molar-refractivity contribution in [2.45, 2.75) is 31.8 Å². The summed E-state index contributed by atoms with van der Waals surface area (Å²) in [6.45, 7) is 0.919. The van der Waals surface area contributed by atoms with Crippen LogP contribution in [0.3, 0.4) is 0 Å². The molecule has 0 spiro atoms. The predicted molar refractivity (Wildman–Crippen MR) is 49.5 cm³/mol. The summed E-state index contributed by atoms with van der Waals surface area (Å²) >= 11 is 0. The van der Waals surface area contributed by atoms with Crippen LogP contribution >= 0.6 is 0 Å². The number of aliphatic hydroxyl groups is 1. The molecule has 0 saturated heterocycles. The van der Waals surface area contributed by atoms with Gasteiger partial charge in [-0.1, -0.05) is 0 Å². The molecule has 3 nitrogen and oxygen atoms in total. The Morgan fingerprint density at radius 2 is 1.56 bits per heavy atom. The third-order valence-corrected chi connectivity index (χ3v) is 2.16. The predicted octanol–water partition coefficient (Wildman–Crippen LogP) is 1.96. The summed E-state index contributed by atoms with van der Waals surface area (Å²) in [4.78, 5) is 11.5. The van der Waals surface area contributed by atoms with Gasteiger partial charge in [-0.3, -0.25) is 4.79 Å². The van der Waals surface area contributed by atoms with Crippen molar-refractivity contribution in [2.75, 3.05) is 13.6 Å². The fourth-order valence-corrected chi connectivity index (χ4v) is 1.18. The molecule has 18 heavy (non-hydrogen) atoms. The van der Waals surface area contributed by atoms with E-state index in [4.69, 9.17) is 5.11 Å². The minimum absolute atomic E-state index is 0.106. The number of aliphatic hydroxyl groups excluding tert-OH is 1. The summed E-state index contributed by atoms with van der Waals surface area (Å²) < 4.78 is 73.3. The molecule has 0 aliphatic heterocycles. The van der Waals surface area contributed by atoms with Gasteiger partial charge in [0.1, 0.15) is 0 Å². The van der Waals surface area contributed by atoms with Gasteiger partial charge in [-0.15, -0.1) is 0 Å². The average molecular weight is 281 g/mol. The van der Waals surface area contributed by atoms with Crippen molar-refractivity contribution >= 4 is 5.91 Å². The van der Waals surface area contributed by atoms with E-state index in [-0.39, 0.29) is 13.0 Å². The maximum atomic E-state index is 12.2. The minimum Gasteiger partial charge on any atom is -0.393 e. The molecule has 0 heterocycles. The van der Waals surface area contributed by atoms with Crippen molar-refractivity contribution in [3.8, 4) is 0 Å². The zero-order chi connectivity index (χ0) is 14.7. The van der Waals surface area contributed by atoms with E-state index in [1.54, 1.807) is 0 Å². The van der Waals surface area contributed by atoms with Crippen LogP contribution in [0.25, 0.3) is 0 Å². The summed E-state index contributed by atoms with van der Waals surface area (Å²) in [5, 5.41) is 8.86. The topological polar surface area (TPSA) is 40.5 Å². The molecule has 0 rings (SSSR count). The van der Waals surface area contributed by atoms with Gasteiger partial charge in [-0.05, 0) is 13.3 Å². The van der Waals surface area contributed by atoms with Crippen LogP contribution in [0.5, 0.6) is 0 Å². The van der Waals surface area contributed by atoms with E-state index >= 15 is 0 Å². The summed E-state index contributed by atoms with van der Waals surface area (Å²) in [5.41, 5.74) is 0. The van der Waals surface area contributed by atoms with Crippen molar-refractivity contribution in [1.29, 1.82) is 0 Å². The lowest BCUT2D eigenvalue weighted by molar-refractivity contribution is -0.277. The van der Waals surface area contributed by atoms with Gasteiger partial charge in [0.2, 0.25) is 11.8 Å². The highest BCUT2D eigenvalue weighted by Crippen LogP contribution is 2.40. The van der Waals surface area contributed by atoms with Gasteiger partial charge in [-0.2, -0.15) is 26.3 Å². The molecule has 0 aromatic rings. The average Bonchev–Trinajstić information content (AvgIpc) is 2.08. The van der Waals surface area contributed by atoms with Crippen LogP contribution in [0.2, 0.25) is 0 Å². The fraction of sp³-hybridized carbons (Fsp3) is 0.889. The van der Waals surface area contributed by atoms with Crippen LogP contribution in [0.4, 0.5) is 26.3 Å². The van der Waals surface area contributed by atoms with Gasteiger partial charge < -0.3 is 10.0 Å². The van der Waals surface area contributed by atoms with E-state index in [9.17, 15) is 31.1 Å². The van der Waals surface area contributed by atoms with Gasteiger partial charge in [0.25, 0.3) is 0 Å². The highest BCUT2D eigenvalue weighted by Gasteiger charge is 2.61. The molecule has 0 aliphatic carbocycles. The molecule has 108 valence electrons. The molecular formula is C9H13F6NO2. The van der Waals surface area contributed by atoms with Gasteiger partial charge in [0, 0.05) is 13.6 Å². The number of carbonyl (C=O) groups excluding carboxylic acids is 1. The van der Waals surface area contributed by atoms with Gasteiger partial charge in [0.15, 0.2) is 0 Å². The molecule has 0 aromatic heterocycles. The summed E-state index contributed by atoms with van der Waals surface area (Å²) in [7, 11) is 0.829. The second-order valence-electron chi connectivity index (χ2n) is 3.91. The molecule has 0 fully saturated rings. The van der Waals surface area contributed by atoms with Gasteiger partial charge >= 0.3 is 12.4 Å². The first kappa shape index (κ1) is 17.0. The standard InChI is InChI=1S/C9H13F6NO2/c1-5(17)3-4-16(2)7(18)6(8(10,11)12)9(13,14)15/h5-6,17H,3-4H2,1-2H3. The molecule has 0 bridgehead atoms. The van der Waals surface area contributed by atoms with E-state index in [1.165, 1.54) is 6.92 Å². The summed E-state index contributed by atoms with van der Waals surface area (Å²) in [5.74, 6) is -6.10. The Morgan fingerprint density at radius 1 is 1.17 bits per heavy atom. The Bertz CT molecular complexity index is 272.